The number of rotatable bonds is 8. The third-order valence-electron chi connectivity index (χ3n) is 6.41. The second-order valence-electron chi connectivity index (χ2n) is 9.37. The highest BCUT2D eigenvalue weighted by Crippen LogP contribution is 2.28. The summed E-state index contributed by atoms with van der Waals surface area (Å²) < 4.78 is 0. The number of hydrogen-bond donors (Lipinski definition) is 2. The van der Waals surface area contributed by atoms with Crippen molar-refractivity contribution in [2.75, 3.05) is 20.6 Å². The van der Waals surface area contributed by atoms with E-state index in [0.29, 0.717) is 5.82 Å². The average molecular weight is 490 g/mol. The van der Waals surface area contributed by atoms with Crippen LogP contribution in [0.2, 0.25) is 0 Å². The number of aromatic amines is 2. The molecule has 0 fully saturated rings. The summed E-state index contributed by atoms with van der Waals surface area (Å²) in [6.45, 7) is 7.40. The van der Waals surface area contributed by atoms with E-state index in [9.17, 15) is 0 Å². The van der Waals surface area contributed by atoms with Gasteiger partial charge in [0, 0.05) is 35.6 Å². The molecule has 186 valence electrons. The van der Waals surface area contributed by atoms with Crippen molar-refractivity contribution in [3.63, 3.8) is 0 Å². The van der Waals surface area contributed by atoms with Gasteiger partial charge in [0.2, 0.25) is 0 Å². The molecule has 4 heterocycles. The molecular weight excluding hydrogens is 458 g/mol. The Morgan fingerprint density at radius 1 is 1.08 bits per heavy atom. The lowest BCUT2D eigenvalue weighted by atomic mass is 10.0. The van der Waals surface area contributed by atoms with Crippen LogP contribution in [0.15, 0.2) is 67.8 Å². The van der Waals surface area contributed by atoms with Gasteiger partial charge >= 0.3 is 0 Å². The zero-order valence-electron chi connectivity index (χ0n) is 21.5. The molecule has 5 rings (SSSR count). The maximum Gasteiger partial charge on any atom is 0.159 e. The van der Waals surface area contributed by atoms with Crippen LogP contribution >= 0.6 is 0 Å². The highest BCUT2D eigenvalue weighted by atomic mass is 15.1. The van der Waals surface area contributed by atoms with E-state index in [2.05, 4.69) is 68.9 Å². The average Bonchev–Trinajstić information content (AvgIpc) is 3.52. The van der Waals surface area contributed by atoms with E-state index in [-0.39, 0.29) is 0 Å². The summed E-state index contributed by atoms with van der Waals surface area (Å²) in [7, 11) is 4.19. The maximum absolute atomic E-state index is 4.97. The summed E-state index contributed by atoms with van der Waals surface area (Å²) in [6, 6.07) is 12.3. The van der Waals surface area contributed by atoms with E-state index in [1.165, 1.54) is 5.56 Å². The number of fused-ring (bicyclic) bond motifs is 1. The molecule has 4 aromatic heterocycles. The molecule has 0 atom stereocenters. The van der Waals surface area contributed by atoms with Gasteiger partial charge in [-0.2, -0.15) is 5.10 Å². The minimum atomic E-state index is 0.704. The second kappa shape index (κ2) is 10.7. The molecule has 0 aliphatic carbocycles. The molecule has 0 radical (unpaired) electrons. The molecule has 0 unspecified atom stereocenters. The van der Waals surface area contributed by atoms with Gasteiger partial charge in [0.25, 0.3) is 0 Å². The molecule has 0 amide bonds. The summed E-state index contributed by atoms with van der Waals surface area (Å²) in [5, 5.41) is 9.63. The smallest absolute Gasteiger partial charge is 0.159 e. The largest absolute Gasteiger partial charge is 0.337 e. The Balaban J connectivity index is 1.53. The molecule has 7 nitrogen and oxygen atoms in total. The normalized spacial score (nSPS) is 12.6. The van der Waals surface area contributed by atoms with Crippen molar-refractivity contribution < 1.29 is 0 Å². The number of pyridine rings is 2. The molecule has 0 saturated heterocycles. The Bertz CT molecular complexity index is 1660. The number of aromatic nitrogens is 6. The molecule has 5 aromatic rings. The molecule has 0 aliphatic rings. The van der Waals surface area contributed by atoms with Crippen LogP contribution in [-0.4, -0.2) is 55.7 Å². The van der Waals surface area contributed by atoms with Gasteiger partial charge in [-0.3, -0.25) is 15.1 Å². The van der Waals surface area contributed by atoms with Crippen molar-refractivity contribution in [2.45, 2.75) is 19.8 Å². The van der Waals surface area contributed by atoms with Crippen LogP contribution in [0.25, 0.3) is 51.4 Å². The Morgan fingerprint density at radius 3 is 2.70 bits per heavy atom. The van der Waals surface area contributed by atoms with Crippen LogP contribution < -0.4 is 10.6 Å². The van der Waals surface area contributed by atoms with Gasteiger partial charge in [0.15, 0.2) is 5.82 Å². The molecule has 1 aromatic carbocycles. The predicted octanol–water partition coefficient (Wildman–Crippen LogP) is 4.20. The van der Waals surface area contributed by atoms with Crippen molar-refractivity contribution in [3.8, 4) is 22.6 Å². The number of aryl methyl sites for hydroxylation is 1. The monoisotopic (exact) mass is 489 g/mol. The van der Waals surface area contributed by atoms with Crippen LogP contribution in [0.3, 0.4) is 0 Å². The van der Waals surface area contributed by atoms with Gasteiger partial charge in [0.1, 0.15) is 5.69 Å². The first kappa shape index (κ1) is 24.3. The van der Waals surface area contributed by atoms with Crippen LogP contribution in [-0.2, 0) is 6.42 Å². The number of benzene rings is 1. The summed E-state index contributed by atoms with van der Waals surface area (Å²) >= 11 is 0. The lowest BCUT2D eigenvalue weighted by Gasteiger charge is -2.09. The fourth-order valence-electron chi connectivity index (χ4n) is 4.48. The fourth-order valence-corrected chi connectivity index (χ4v) is 4.48. The summed E-state index contributed by atoms with van der Waals surface area (Å²) in [5.41, 5.74) is 7.81. The minimum Gasteiger partial charge on any atom is -0.337 e. The first-order valence-corrected chi connectivity index (χ1v) is 12.4. The van der Waals surface area contributed by atoms with E-state index >= 15 is 0 Å². The number of H-pyrrole nitrogens is 2. The molecule has 0 bridgehead atoms. The lowest BCUT2D eigenvalue weighted by molar-refractivity contribution is 0.400. The highest BCUT2D eigenvalue weighted by Gasteiger charge is 2.14. The molecule has 37 heavy (non-hydrogen) atoms. The van der Waals surface area contributed by atoms with Crippen LogP contribution in [0.1, 0.15) is 24.5 Å². The molecule has 0 aliphatic heterocycles. The number of nitrogens with one attached hydrogen (secondary N) is 2. The van der Waals surface area contributed by atoms with Crippen molar-refractivity contribution in [3.05, 3.63) is 89.5 Å². The molecule has 0 spiro atoms. The van der Waals surface area contributed by atoms with E-state index in [1.54, 1.807) is 12.4 Å². The number of imidazole rings is 1. The van der Waals surface area contributed by atoms with Gasteiger partial charge in [-0.05, 0) is 93.0 Å². The number of hydrogen-bond acceptors (Lipinski definition) is 5. The second-order valence-corrected chi connectivity index (χ2v) is 9.37. The van der Waals surface area contributed by atoms with Gasteiger partial charge in [-0.15, -0.1) is 0 Å². The maximum atomic E-state index is 4.97. The lowest BCUT2D eigenvalue weighted by Crippen LogP contribution is -2.23. The summed E-state index contributed by atoms with van der Waals surface area (Å²) in [5.74, 6) is 0.704. The number of para-hydroxylation sites is 1. The van der Waals surface area contributed by atoms with Gasteiger partial charge in [0.05, 0.1) is 16.4 Å². The predicted molar refractivity (Wildman–Crippen MR) is 151 cm³/mol. The Hall–Kier alpha value is -4.36. The third kappa shape index (κ3) is 5.27. The zero-order valence-corrected chi connectivity index (χ0v) is 21.5. The van der Waals surface area contributed by atoms with Crippen LogP contribution in [0.4, 0.5) is 0 Å². The SMILES string of the molecule is C=C(/C=c1/c(-c2nc3c(-c4ccncc4)cccc3[nH]2)n[nH]/c1=C/C)c1cncc(CCCN(C)C)c1. The summed E-state index contributed by atoms with van der Waals surface area (Å²) in [6.07, 6.45) is 13.5. The highest BCUT2D eigenvalue weighted by molar-refractivity contribution is 5.94. The first-order valence-electron chi connectivity index (χ1n) is 12.4. The van der Waals surface area contributed by atoms with Crippen molar-refractivity contribution in [1.82, 2.24) is 35.0 Å². The van der Waals surface area contributed by atoms with E-state index in [4.69, 9.17) is 4.98 Å². The van der Waals surface area contributed by atoms with Crippen molar-refractivity contribution in [1.29, 1.82) is 0 Å². The third-order valence-corrected chi connectivity index (χ3v) is 6.41. The van der Waals surface area contributed by atoms with Crippen molar-refractivity contribution >= 4 is 28.8 Å². The Kier molecular flexibility index (Phi) is 7.05. The van der Waals surface area contributed by atoms with Crippen LogP contribution in [0.5, 0.6) is 0 Å². The zero-order chi connectivity index (χ0) is 25.8. The van der Waals surface area contributed by atoms with E-state index in [0.717, 1.165) is 68.9 Å². The van der Waals surface area contributed by atoms with Gasteiger partial charge in [-0.25, -0.2) is 4.98 Å². The minimum absolute atomic E-state index is 0.704. The first-order chi connectivity index (χ1) is 18.0. The quantitative estimate of drug-likeness (QED) is 0.341. The molecular formula is C30H31N7. The van der Waals surface area contributed by atoms with Crippen molar-refractivity contribution in [2.24, 2.45) is 0 Å². The number of nitrogens with zero attached hydrogens (tertiary/aromatic N) is 5. The summed E-state index contributed by atoms with van der Waals surface area (Å²) in [4.78, 5) is 19.3. The molecule has 7 heteroatoms. The Labute approximate surface area is 216 Å². The topological polar surface area (TPSA) is 86.4 Å². The van der Waals surface area contributed by atoms with E-state index < -0.39 is 0 Å². The van der Waals surface area contributed by atoms with Gasteiger partial charge in [-0.1, -0.05) is 24.8 Å². The Morgan fingerprint density at radius 2 is 1.92 bits per heavy atom. The van der Waals surface area contributed by atoms with Crippen LogP contribution in [0, 0.1) is 0 Å². The fraction of sp³-hybridized carbons (Fsp3) is 0.200. The molecule has 2 N–H and O–H groups in total. The van der Waals surface area contributed by atoms with Gasteiger partial charge < -0.3 is 9.88 Å². The van der Waals surface area contributed by atoms with E-state index in [1.807, 2.05) is 49.7 Å². The number of allylic oxidation sites excluding steroid dienone is 1. The molecule has 0 saturated carbocycles. The standard InChI is InChI=1S/C30H31N7/c1-5-26-25(16-20(2)23-17-21(18-32-19-23)8-7-15-37(3)4)29(36-35-26)30-33-27-10-6-9-24(28(27)34-30)22-11-13-31-14-12-22/h5-6,9-14,16-19,35H,2,7-8,15H2,1,3-4H3,(H,33,34)/b25-16+,26-5+.